The lowest BCUT2D eigenvalue weighted by Gasteiger charge is -2.27. The van der Waals surface area contributed by atoms with Gasteiger partial charge in [0.2, 0.25) is 6.04 Å². The van der Waals surface area contributed by atoms with Crippen molar-refractivity contribution in [3.05, 3.63) is 71.8 Å². The molecule has 2 atom stereocenters. The number of amides is 2. The highest BCUT2D eigenvalue weighted by Gasteiger charge is 2.47. The van der Waals surface area contributed by atoms with Gasteiger partial charge in [0.25, 0.3) is 11.8 Å². The summed E-state index contributed by atoms with van der Waals surface area (Å²) >= 11 is 0. The zero-order valence-corrected chi connectivity index (χ0v) is 12.0. The molecule has 23 heavy (non-hydrogen) atoms. The molecule has 0 radical (unpaired) electrons. The van der Waals surface area contributed by atoms with Gasteiger partial charge in [-0.25, -0.2) is 4.39 Å². The Balaban J connectivity index is 2.17. The highest BCUT2D eigenvalue weighted by atomic mass is 19.1. The number of piperidine rings is 1. The molecule has 0 spiro atoms. The van der Waals surface area contributed by atoms with Crippen molar-refractivity contribution in [2.24, 2.45) is 0 Å². The van der Waals surface area contributed by atoms with Gasteiger partial charge >= 0.3 is 0 Å². The van der Waals surface area contributed by atoms with E-state index in [1.165, 1.54) is 24.3 Å². The van der Waals surface area contributed by atoms with E-state index in [-0.39, 0.29) is 5.57 Å². The molecule has 1 aliphatic rings. The highest BCUT2D eigenvalue weighted by molar-refractivity contribution is 6.13. The molecule has 3 rings (SSSR count). The van der Waals surface area contributed by atoms with Gasteiger partial charge in [0.05, 0.1) is 11.5 Å². The molecule has 1 aromatic heterocycles. The standard InChI is InChI=1S/C17H12FN3O2/c18-12-6-4-11(5-7-12)14-13(10-19)16(22)20-17(23)15(14)21-8-2-1-3-9-21/h1-9,14-15,19H/p+1/t14-,15+/m1/s1. The minimum atomic E-state index is -0.757. The first-order valence-corrected chi connectivity index (χ1v) is 6.98. The second-order valence-corrected chi connectivity index (χ2v) is 5.15. The van der Waals surface area contributed by atoms with E-state index in [9.17, 15) is 14.0 Å². The predicted molar refractivity (Wildman–Crippen MR) is 79.2 cm³/mol. The van der Waals surface area contributed by atoms with Gasteiger partial charge in [0.15, 0.2) is 12.4 Å². The van der Waals surface area contributed by atoms with Gasteiger partial charge in [0, 0.05) is 12.1 Å². The lowest BCUT2D eigenvalue weighted by molar-refractivity contribution is -0.711. The van der Waals surface area contributed by atoms with Crippen LogP contribution in [0.2, 0.25) is 0 Å². The molecule has 0 bridgehead atoms. The van der Waals surface area contributed by atoms with E-state index >= 15 is 0 Å². The minimum Gasteiger partial charge on any atom is -0.286 e. The Hall–Kier alpha value is -3.11. The molecule has 0 aliphatic carbocycles. The third-order valence-electron chi connectivity index (χ3n) is 3.80. The molecule has 114 valence electrons. The van der Waals surface area contributed by atoms with Gasteiger partial charge in [-0.05, 0) is 23.6 Å². The Morgan fingerprint density at radius 3 is 2.35 bits per heavy atom. The zero-order chi connectivity index (χ0) is 16.4. The molecule has 2 amide bonds. The molecule has 1 fully saturated rings. The van der Waals surface area contributed by atoms with Crippen LogP contribution in [0.5, 0.6) is 0 Å². The summed E-state index contributed by atoms with van der Waals surface area (Å²) < 4.78 is 14.9. The lowest BCUT2D eigenvalue weighted by atomic mass is 9.81. The monoisotopic (exact) mass is 310 g/mol. The molecule has 1 saturated heterocycles. The molecule has 6 heteroatoms. The molecule has 0 saturated carbocycles. The number of carbonyl (C=O) groups excluding carboxylic acids is 2. The molecular weight excluding hydrogens is 297 g/mol. The SMILES string of the molecule is N=C=C1C(=O)NC(=O)[C@@H]([n+]2ccccc2)[C@@H]1c1ccc(F)cc1. The molecule has 0 unspecified atom stereocenters. The maximum atomic E-state index is 13.2. The Bertz CT molecular complexity index is 811. The van der Waals surface area contributed by atoms with E-state index in [1.807, 2.05) is 6.07 Å². The van der Waals surface area contributed by atoms with E-state index in [4.69, 9.17) is 5.41 Å². The lowest BCUT2D eigenvalue weighted by Crippen LogP contribution is -2.57. The van der Waals surface area contributed by atoms with Crippen LogP contribution < -0.4 is 9.88 Å². The van der Waals surface area contributed by atoms with Gasteiger partial charge in [-0.1, -0.05) is 18.2 Å². The van der Waals surface area contributed by atoms with Crippen LogP contribution in [-0.4, -0.2) is 17.7 Å². The summed E-state index contributed by atoms with van der Waals surface area (Å²) in [6.07, 6.45) is 3.41. The van der Waals surface area contributed by atoms with Gasteiger partial charge in [-0.3, -0.25) is 20.3 Å². The number of aromatic nitrogens is 1. The first kappa shape index (κ1) is 14.8. The second kappa shape index (κ2) is 5.94. The molecule has 2 heterocycles. The number of nitrogens with zero attached hydrogens (tertiary/aromatic N) is 1. The van der Waals surface area contributed by atoms with E-state index in [0.717, 1.165) is 0 Å². The number of benzene rings is 1. The van der Waals surface area contributed by atoms with Crippen molar-refractivity contribution in [3.8, 4) is 0 Å². The summed E-state index contributed by atoms with van der Waals surface area (Å²) in [5.74, 6) is -0.105. The summed E-state index contributed by atoms with van der Waals surface area (Å²) in [6, 6.07) is 10.1. The molecule has 1 aliphatic heterocycles. The van der Waals surface area contributed by atoms with Gasteiger partial charge in [-0.2, -0.15) is 4.57 Å². The maximum Gasteiger partial charge on any atom is 0.296 e. The normalized spacial score (nSPS) is 20.8. The smallest absolute Gasteiger partial charge is 0.286 e. The highest BCUT2D eigenvalue weighted by Crippen LogP contribution is 2.34. The van der Waals surface area contributed by atoms with Gasteiger partial charge < -0.3 is 0 Å². The van der Waals surface area contributed by atoms with Crippen LogP contribution in [0, 0.1) is 11.2 Å². The number of nitrogens with one attached hydrogen (secondary N) is 2. The average Bonchev–Trinajstić information content (AvgIpc) is 2.56. The topological polar surface area (TPSA) is 73.9 Å². The van der Waals surface area contributed by atoms with Gasteiger partial charge in [0.1, 0.15) is 5.82 Å². The summed E-state index contributed by atoms with van der Waals surface area (Å²) in [5, 5.41) is 9.67. The molecule has 1 aromatic carbocycles. The summed E-state index contributed by atoms with van der Waals surface area (Å²) in [6.45, 7) is 0. The van der Waals surface area contributed by atoms with Crippen LogP contribution in [-0.2, 0) is 9.59 Å². The zero-order valence-electron chi connectivity index (χ0n) is 12.0. The van der Waals surface area contributed by atoms with Crippen LogP contribution in [0.25, 0.3) is 0 Å². The first-order valence-electron chi connectivity index (χ1n) is 6.98. The van der Waals surface area contributed by atoms with Crippen molar-refractivity contribution in [2.45, 2.75) is 12.0 Å². The van der Waals surface area contributed by atoms with Gasteiger partial charge in [-0.15, -0.1) is 0 Å². The number of pyridine rings is 1. The fraction of sp³-hybridized carbons (Fsp3) is 0.118. The Kier molecular flexibility index (Phi) is 3.83. The van der Waals surface area contributed by atoms with Crippen LogP contribution in [0.4, 0.5) is 4.39 Å². The molecule has 2 aromatic rings. The van der Waals surface area contributed by atoms with Crippen LogP contribution in [0.1, 0.15) is 17.5 Å². The summed E-state index contributed by atoms with van der Waals surface area (Å²) in [7, 11) is 0. The third-order valence-corrected chi connectivity index (χ3v) is 3.80. The molecule has 5 nitrogen and oxygen atoms in total. The number of rotatable bonds is 2. The summed E-state index contributed by atoms with van der Waals surface area (Å²) in [5.41, 5.74) is 0.614. The van der Waals surface area contributed by atoms with E-state index in [0.29, 0.717) is 5.56 Å². The number of imide groups is 1. The van der Waals surface area contributed by atoms with E-state index in [2.05, 4.69) is 11.2 Å². The Morgan fingerprint density at radius 2 is 1.74 bits per heavy atom. The van der Waals surface area contributed by atoms with Crippen LogP contribution >= 0.6 is 0 Å². The number of halogens is 1. The van der Waals surface area contributed by atoms with Crippen molar-refractivity contribution >= 4 is 17.7 Å². The van der Waals surface area contributed by atoms with E-state index in [1.54, 1.807) is 29.1 Å². The first-order chi connectivity index (χ1) is 11.1. The van der Waals surface area contributed by atoms with Crippen molar-refractivity contribution in [2.75, 3.05) is 0 Å². The fourth-order valence-corrected chi connectivity index (χ4v) is 2.76. The van der Waals surface area contributed by atoms with Crippen molar-refractivity contribution in [1.29, 1.82) is 5.41 Å². The Labute approximate surface area is 131 Å². The quantitative estimate of drug-likeness (QED) is 0.379. The Morgan fingerprint density at radius 1 is 1.09 bits per heavy atom. The van der Waals surface area contributed by atoms with Crippen molar-refractivity contribution in [1.82, 2.24) is 5.32 Å². The maximum absolute atomic E-state index is 13.2. The van der Waals surface area contributed by atoms with Crippen molar-refractivity contribution < 1.29 is 18.5 Å². The molecule has 2 N–H and O–H groups in total. The minimum absolute atomic E-state index is 0.0394. The molecular formula is C17H13FN3O2+. The number of hydrogen-bond acceptors (Lipinski definition) is 3. The average molecular weight is 310 g/mol. The van der Waals surface area contributed by atoms with E-state index < -0.39 is 29.6 Å². The number of carbonyl (C=O) groups is 2. The predicted octanol–water partition coefficient (Wildman–Crippen LogP) is 1.27. The third kappa shape index (κ3) is 2.67. The van der Waals surface area contributed by atoms with Crippen LogP contribution in [0.15, 0.2) is 60.4 Å². The summed E-state index contributed by atoms with van der Waals surface area (Å²) in [4.78, 5) is 24.4. The second-order valence-electron chi connectivity index (χ2n) is 5.15. The number of hydrogen-bond donors (Lipinski definition) is 2. The van der Waals surface area contributed by atoms with Crippen molar-refractivity contribution in [3.63, 3.8) is 0 Å². The fourth-order valence-electron chi connectivity index (χ4n) is 2.76. The van der Waals surface area contributed by atoms with Crippen LogP contribution in [0.3, 0.4) is 0 Å². The largest absolute Gasteiger partial charge is 0.296 e.